The number of likely N-dealkylation sites (tertiary alicyclic amines) is 1. The highest BCUT2D eigenvalue weighted by Gasteiger charge is 2.33. The van der Waals surface area contributed by atoms with Gasteiger partial charge in [-0.15, -0.1) is 0 Å². The number of alkyl halides is 3. The quantitative estimate of drug-likeness (QED) is 0.863. The summed E-state index contributed by atoms with van der Waals surface area (Å²) in [5.74, 6) is -0.457. The van der Waals surface area contributed by atoms with Gasteiger partial charge in [-0.2, -0.15) is 13.2 Å². The highest BCUT2D eigenvalue weighted by Crippen LogP contribution is 2.26. The highest BCUT2D eigenvalue weighted by molar-refractivity contribution is 5.93. The third-order valence-corrected chi connectivity index (χ3v) is 3.61. The van der Waals surface area contributed by atoms with Crippen LogP contribution < -0.4 is 5.56 Å². The molecule has 0 saturated carbocycles. The van der Waals surface area contributed by atoms with E-state index in [0.29, 0.717) is 32.0 Å². The summed E-state index contributed by atoms with van der Waals surface area (Å²) in [5.41, 5.74) is -2.52. The number of aliphatic hydroxyl groups excluding tert-OH is 1. The van der Waals surface area contributed by atoms with Gasteiger partial charge in [-0.1, -0.05) is 0 Å². The number of aromatic nitrogens is 1. The van der Waals surface area contributed by atoms with Crippen molar-refractivity contribution in [3.63, 3.8) is 0 Å². The molecule has 2 rings (SSSR count). The van der Waals surface area contributed by atoms with Crippen LogP contribution in [0.3, 0.4) is 0 Å². The first-order valence-electron chi connectivity index (χ1n) is 6.53. The zero-order valence-corrected chi connectivity index (χ0v) is 11.1. The van der Waals surface area contributed by atoms with Crippen molar-refractivity contribution in [1.82, 2.24) is 9.88 Å². The van der Waals surface area contributed by atoms with E-state index in [0.717, 1.165) is 6.07 Å². The second-order valence-electron chi connectivity index (χ2n) is 5.03. The highest BCUT2D eigenvalue weighted by atomic mass is 19.4. The molecule has 0 spiro atoms. The molecule has 1 saturated heterocycles. The predicted octanol–water partition coefficient (Wildman–Crippen LogP) is 1.24. The number of H-pyrrole nitrogens is 1. The molecule has 5 nitrogen and oxygen atoms in total. The molecule has 1 aromatic rings. The van der Waals surface area contributed by atoms with Crippen molar-refractivity contribution in [3.05, 3.63) is 33.7 Å². The normalized spacial score (nSPS) is 17.0. The Kier molecular flexibility index (Phi) is 4.36. The van der Waals surface area contributed by atoms with E-state index < -0.39 is 23.3 Å². The fourth-order valence-electron chi connectivity index (χ4n) is 2.30. The molecule has 2 heterocycles. The average molecular weight is 304 g/mol. The zero-order valence-electron chi connectivity index (χ0n) is 11.1. The minimum Gasteiger partial charge on any atom is -0.396 e. The average Bonchev–Trinajstić information content (AvgIpc) is 2.45. The Morgan fingerprint density at radius 3 is 2.43 bits per heavy atom. The summed E-state index contributed by atoms with van der Waals surface area (Å²) in [7, 11) is 0. The Balaban J connectivity index is 2.15. The molecule has 0 aromatic carbocycles. The third kappa shape index (κ3) is 3.44. The second-order valence-corrected chi connectivity index (χ2v) is 5.03. The van der Waals surface area contributed by atoms with E-state index in [9.17, 15) is 22.8 Å². The predicted molar refractivity (Wildman–Crippen MR) is 67.8 cm³/mol. The lowest BCUT2D eigenvalue weighted by Gasteiger charge is -2.31. The van der Waals surface area contributed by atoms with Gasteiger partial charge in [0.1, 0.15) is 11.3 Å². The van der Waals surface area contributed by atoms with Crippen LogP contribution in [0.25, 0.3) is 0 Å². The van der Waals surface area contributed by atoms with Gasteiger partial charge in [-0.3, -0.25) is 9.59 Å². The maximum Gasteiger partial charge on any atom is 0.431 e. The lowest BCUT2D eigenvalue weighted by atomic mass is 9.97. The van der Waals surface area contributed by atoms with Crippen LogP contribution >= 0.6 is 0 Å². The van der Waals surface area contributed by atoms with Gasteiger partial charge >= 0.3 is 6.18 Å². The SMILES string of the molecule is O=C(c1ccc(C(F)(F)F)[nH]c1=O)N1CCC(CO)CC1. The number of piperidine rings is 1. The van der Waals surface area contributed by atoms with Crippen molar-refractivity contribution in [2.75, 3.05) is 19.7 Å². The lowest BCUT2D eigenvalue weighted by Crippen LogP contribution is -2.41. The molecule has 2 N–H and O–H groups in total. The summed E-state index contributed by atoms with van der Waals surface area (Å²) in [4.78, 5) is 26.9. The minimum absolute atomic E-state index is 0.0445. The smallest absolute Gasteiger partial charge is 0.396 e. The summed E-state index contributed by atoms with van der Waals surface area (Å²) >= 11 is 0. The van der Waals surface area contributed by atoms with Crippen molar-refractivity contribution >= 4 is 5.91 Å². The van der Waals surface area contributed by atoms with Crippen LogP contribution in [-0.2, 0) is 6.18 Å². The van der Waals surface area contributed by atoms with Crippen LogP contribution in [0.4, 0.5) is 13.2 Å². The van der Waals surface area contributed by atoms with Crippen molar-refractivity contribution in [1.29, 1.82) is 0 Å². The lowest BCUT2D eigenvalue weighted by molar-refractivity contribution is -0.141. The molecule has 0 bridgehead atoms. The summed E-state index contributed by atoms with van der Waals surface area (Å²) < 4.78 is 37.3. The summed E-state index contributed by atoms with van der Waals surface area (Å²) in [5, 5.41) is 9.02. The maximum atomic E-state index is 12.4. The first-order chi connectivity index (χ1) is 9.82. The Labute approximate surface area is 118 Å². The molecule has 8 heteroatoms. The summed E-state index contributed by atoms with van der Waals surface area (Å²) in [6.45, 7) is 0.804. The number of amides is 1. The molecule has 0 radical (unpaired) electrons. The van der Waals surface area contributed by atoms with Crippen molar-refractivity contribution < 1.29 is 23.1 Å². The van der Waals surface area contributed by atoms with Crippen molar-refractivity contribution in [2.24, 2.45) is 5.92 Å². The fraction of sp³-hybridized carbons (Fsp3) is 0.538. The summed E-state index contributed by atoms with van der Waals surface area (Å²) in [6, 6.07) is 1.59. The van der Waals surface area contributed by atoms with E-state index in [1.807, 2.05) is 0 Å². The van der Waals surface area contributed by atoms with E-state index in [4.69, 9.17) is 5.11 Å². The molecule has 1 amide bonds. The van der Waals surface area contributed by atoms with Crippen LogP contribution in [0.5, 0.6) is 0 Å². The minimum atomic E-state index is -4.65. The first kappa shape index (κ1) is 15.6. The number of hydrogen-bond donors (Lipinski definition) is 2. The van der Waals surface area contributed by atoms with Gasteiger partial charge in [0.2, 0.25) is 0 Å². The van der Waals surface area contributed by atoms with Gasteiger partial charge in [-0.25, -0.2) is 0 Å². The van der Waals surface area contributed by atoms with E-state index in [1.165, 1.54) is 4.90 Å². The fourth-order valence-corrected chi connectivity index (χ4v) is 2.30. The van der Waals surface area contributed by atoms with Gasteiger partial charge in [0.05, 0.1) is 0 Å². The molecule has 116 valence electrons. The molecule has 1 aromatic heterocycles. The topological polar surface area (TPSA) is 73.4 Å². The molecule has 0 unspecified atom stereocenters. The Morgan fingerprint density at radius 1 is 1.33 bits per heavy atom. The number of aliphatic hydroxyl groups is 1. The summed E-state index contributed by atoms with van der Waals surface area (Å²) in [6.07, 6.45) is -3.43. The number of rotatable bonds is 2. The number of halogens is 3. The van der Waals surface area contributed by atoms with E-state index >= 15 is 0 Å². The molecular formula is C13H15F3N2O3. The number of carbonyl (C=O) groups excluding carboxylic acids is 1. The Bertz CT molecular complexity index is 575. The van der Waals surface area contributed by atoms with Crippen molar-refractivity contribution in [2.45, 2.75) is 19.0 Å². The first-order valence-corrected chi connectivity index (χ1v) is 6.53. The standard InChI is InChI=1S/C13H15F3N2O3/c14-13(15,16)10-2-1-9(11(20)17-10)12(21)18-5-3-8(7-19)4-6-18/h1-2,8,19H,3-7H2,(H,17,20). The monoisotopic (exact) mass is 304 g/mol. The van der Waals surface area contributed by atoms with Gasteiger partial charge in [-0.05, 0) is 30.9 Å². The maximum absolute atomic E-state index is 12.4. The number of aromatic amines is 1. The molecular weight excluding hydrogens is 289 g/mol. The van der Waals surface area contributed by atoms with Gasteiger partial charge < -0.3 is 15.0 Å². The molecule has 0 aliphatic carbocycles. The number of carbonyl (C=O) groups is 1. The van der Waals surface area contributed by atoms with E-state index in [-0.39, 0.29) is 18.1 Å². The van der Waals surface area contributed by atoms with Gasteiger partial charge in [0.25, 0.3) is 11.5 Å². The molecule has 1 fully saturated rings. The van der Waals surface area contributed by atoms with Crippen LogP contribution in [0.2, 0.25) is 0 Å². The number of nitrogens with one attached hydrogen (secondary N) is 1. The molecule has 21 heavy (non-hydrogen) atoms. The Hall–Kier alpha value is -1.83. The Morgan fingerprint density at radius 2 is 1.95 bits per heavy atom. The largest absolute Gasteiger partial charge is 0.431 e. The van der Waals surface area contributed by atoms with E-state index in [1.54, 1.807) is 4.98 Å². The van der Waals surface area contributed by atoms with Crippen molar-refractivity contribution in [3.8, 4) is 0 Å². The van der Waals surface area contributed by atoms with Gasteiger partial charge in [0, 0.05) is 19.7 Å². The van der Waals surface area contributed by atoms with Crippen LogP contribution in [0.1, 0.15) is 28.9 Å². The van der Waals surface area contributed by atoms with Gasteiger partial charge in [0.15, 0.2) is 0 Å². The molecule has 1 aliphatic rings. The third-order valence-electron chi connectivity index (χ3n) is 3.61. The van der Waals surface area contributed by atoms with Crippen LogP contribution in [0, 0.1) is 5.92 Å². The van der Waals surface area contributed by atoms with E-state index in [2.05, 4.69) is 0 Å². The van der Waals surface area contributed by atoms with Crippen LogP contribution in [-0.4, -0.2) is 40.6 Å². The van der Waals surface area contributed by atoms with Crippen LogP contribution in [0.15, 0.2) is 16.9 Å². The second kappa shape index (κ2) is 5.88. The number of hydrogen-bond acceptors (Lipinski definition) is 3. The molecule has 0 atom stereocenters. The number of nitrogens with zero attached hydrogens (tertiary/aromatic N) is 1. The molecule has 1 aliphatic heterocycles. The zero-order chi connectivity index (χ0) is 15.6. The number of pyridine rings is 1.